The molecule has 2 heterocycles. The summed E-state index contributed by atoms with van der Waals surface area (Å²) in [4.78, 5) is 2.34. The van der Waals surface area contributed by atoms with Crippen LogP contribution in [0.4, 0.5) is 17.6 Å². The molecule has 1 aliphatic heterocycles. The summed E-state index contributed by atoms with van der Waals surface area (Å²) in [5, 5.41) is 21.4. The first kappa shape index (κ1) is 24.9. The fourth-order valence-electron chi connectivity index (χ4n) is 4.73. The van der Waals surface area contributed by atoms with E-state index in [1.54, 1.807) is 30.3 Å². The van der Waals surface area contributed by atoms with E-state index in [4.69, 9.17) is 7.98 Å². The quantitative estimate of drug-likeness (QED) is 0.188. The van der Waals surface area contributed by atoms with Gasteiger partial charge < -0.3 is 19.8 Å². The Bertz CT molecular complexity index is 1090. The zero-order valence-corrected chi connectivity index (χ0v) is 19.8. The predicted molar refractivity (Wildman–Crippen MR) is 123 cm³/mol. The molecule has 2 fully saturated rings. The van der Waals surface area contributed by atoms with Crippen LogP contribution < -0.4 is 5.23 Å². The van der Waals surface area contributed by atoms with Gasteiger partial charge in [0.1, 0.15) is 5.82 Å². The zero-order chi connectivity index (χ0) is 24.7. The van der Waals surface area contributed by atoms with Crippen molar-refractivity contribution in [2.45, 2.75) is 43.4 Å². The third-order valence-electron chi connectivity index (χ3n) is 6.83. The van der Waals surface area contributed by atoms with Gasteiger partial charge in [-0.25, -0.2) is 4.39 Å². The molecule has 1 saturated carbocycles. The fraction of sp³-hybridized carbons (Fsp3) is 0.545. The van der Waals surface area contributed by atoms with Gasteiger partial charge in [-0.1, -0.05) is 17.8 Å². The molecule has 1 saturated heterocycles. The number of aliphatic hydroxyl groups excluding tert-OH is 1. The molecule has 1 aromatic heterocycles. The molecule has 12 heteroatoms. The topological polar surface area (TPSA) is 66.2 Å². The Balaban J connectivity index is 1.26. The molecule has 1 spiro atoms. The molecule has 2 N–H and O–H groups in total. The maximum Gasteiger partial charge on any atom is 0.416 e. The lowest BCUT2D eigenvalue weighted by atomic mass is 9.97. The van der Waals surface area contributed by atoms with Gasteiger partial charge in [-0.15, -0.1) is 10.2 Å². The van der Waals surface area contributed by atoms with E-state index in [2.05, 4.69) is 20.3 Å². The van der Waals surface area contributed by atoms with Gasteiger partial charge in [0.05, 0.1) is 5.56 Å². The van der Waals surface area contributed by atoms with Crippen LogP contribution in [0, 0.1) is 11.2 Å². The molecule has 0 unspecified atom stereocenters. The number of aromatic nitrogens is 3. The van der Waals surface area contributed by atoms with Crippen molar-refractivity contribution < 1.29 is 22.7 Å². The number of thioether (sulfide) groups is 1. The smallest absolute Gasteiger partial charge is 0.416 e. The highest BCUT2D eigenvalue weighted by molar-refractivity contribution is 7.99. The minimum atomic E-state index is -4.53. The van der Waals surface area contributed by atoms with Crippen molar-refractivity contribution >= 4 is 25.5 Å². The first-order valence-electron chi connectivity index (χ1n) is 11.0. The van der Waals surface area contributed by atoms with Gasteiger partial charge in [0.2, 0.25) is 13.8 Å². The van der Waals surface area contributed by atoms with Gasteiger partial charge in [0, 0.05) is 25.0 Å². The maximum atomic E-state index is 14.4. The van der Waals surface area contributed by atoms with E-state index in [9.17, 15) is 22.7 Å². The van der Waals surface area contributed by atoms with Crippen LogP contribution in [-0.4, -0.2) is 58.1 Å². The lowest BCUT2D eigenvalue weighted by Gasteiger charge is -2.16. The number of nitrogens with one attached hydrogen (secondary N) is 1. The van der Waals surface area contributed by atoms with Gasteiger partial charge >= 0.3 is 6.18 Å². The molecule has 2 radical (unpaired) electrons. The first-order chi connectivity index (χ1) is 16.1. The summed E-state index contributed by atoms with van der Waals surface area (Å²) in [5.41, 5.74) is -0.169. The van der Waals surface area contributed by atoms with E-state index in [1.165, 1.54) is 6.07 Å². The average molecular weight is 495 g/mol. The Morgan fingerprint density at radius 2 is 2.12 bits per heavy atom. The standard InChI is InChI=1S/C22H26BF4N5OS/c1-13(28-23)18(33)19-29-30-20(31(19)2)34-9-3-7-32-8-6-21(12-32)11-16(21)15-5-4-14(10-17(15)24)22(25,26)27/h4-5,10,16,28,33H,3,6-9,11-12H2,1-2H3/b18-13-/t16-,21+/m0/s1. The Labute approximate surface area is 201 Å². The molecule has 34 heavy (non-hydrogen) atoms. The second-order valence-corrected chi connectivity index (χ2v) is 10.1. The van der Waals surface area contributed by atoms with Gasteiger partial charge in [-0.05, 0) is 68.3 Å². The number of benzene rings is 1. The van der Waals surface area contributed by atoms with E-state index in [1.807, 2.05) is 0 Å². The minimum Gasteiger partial charge on any atom is -0.503 e. The van der Waals surface area contributed by atoms with Crippen LogP contribution in [-0.2, 0) is 13.2 Å². The van der Waals surface area contributed by atoms with Gasteiger partial charge in [-0.2, -0.15) is 13.2 Å². The molecule has 0 bridgehead atoms. The summed E-state index contributed by atoms with van der Waals surface area (Å²) < 4.78 is 54.6. The summed E-state index contributed by atoms with van der Waals surface area (Å²) in [5.74, 6) is 0.307. The maximum absolute atomic E-state index is 14.4. The third kappa shape index (κ3) is 4.93. The Morgan fingerprint density at radius 1 is 1.35 bits per heavy atom. The number of halogens is 4. The number of nitrogens with zero attached hydrogens (tertiary/aromatic N) is 4. The monoisotopic (exact) mass is 495 g/mol. The van der Waals surface area contributed by atoms with Crippen LogP contribution in [0.2, 0.25) is 0 Å². The number of alkyl halides is 3. The van der Waals surface area contributed by atoms with Gasteiger partial charge in [-0.3, -0.25) is 0 Å². The van der Waals surface area contributed by atoms with Crippen molar-refractivity contribution in [2.75, 3.05) is 25.4 Å². The fourth-order valence-corrected chi connectivity index (χ4v) is 5.57. The molecule has 2 atom stereocenters. The summed E-state index contributed by atoms with van der Waals surface area (Å²) in [7, 11) is 7.10. The molecule has 182 valence electrons. The number of hydrogen-bond donors (Lipinski definition) is 2. The molecule has 4 rings (SSSR count). The summed E-state index contributed by atoms with van der Waals surface area (Å²) in [6, 6.07) is 2.91. The highest BCUT2D eigenvalue weighted by Crippen LogP contribution is 2.64. The number of aliphatic hydroxyl groups is 1. The Kier molecular flexibility index (Phi) is 6.92. The largest absolute Gasteiger partial charge is 0.503 e. The highest BCUT2D eigenvalue weighted by Gasteiger charge is 2.58. The third-order valence-corrected chi connectivity index (χ3v) is 7.93. The predicted octanol–water partition coefficient (Wildman–Crippen LogP) is 4.25. The van der Waals surface area contributed by atoms with Crippen molar-refractivity contribution in [3.8, 4) is 0 Å². The van der Waals surface area contributed by atoms with Crippen LogP contribution in [0.3, 0.4) is 0 Å². The molecule has 1 aliphatic carbocycles. The molecule has 1 aromatic carbocycles. The van der Waals surface area contributed by atoms with Crippen LogP contribution in [0.1, 0.15) is 49.1 Å². The van der Waals surface area contributed by atoms with E-state index >= 15 is 0 Å². The minimum absolute atomic E-state index is 0.0154. The van der Waals surface area contributed by atoms with Crippen molar-refractivity contribution in [3.05, 3.63) is 46.7 Å². The second-order valence-electron chi connectivity index (χ2n) is 9.06. The van der Waals surface area contributed by atoms with Crippen LogP contribution in [0.25, 0.3) is 5.76 Å². The van der Waals surface area contributed by atoms with Crippen molar-refractivity contribution in [1.29, 1.82) is 0 Å². The summed E-state index contributed by atoms with van der Waals surface area (Å²) >= 11 is 1.54. The number of likely N-dealkylation sites (tertiary alicyclic amines) is 1. The molecule has 2 aromatic rings. The van der Waals surface area contributed by atoms with Gasteiger partial charge in [0.15, 0.2) is 10.9 Å². The van der Waals surface area contributed by atoms with Gasteiger partial charge in [0.25, 0.3) is 0 Å². The van der Waals surface area contributed by atoms with Crippen LogP contribution in [0.5, 0.6) is 0 Å². The number of allylic oxidation sites excluding steroid dienone is 1. The summed E-state index contributed by atoms with van der Waals surface area (Å²) in [6.07, 6.45) is -1.88. The zero-order valence-electron chi connectivity index (χ0n) is 19.0. The van der Waals surface area contributed by atoms with Crippen molar-refractivity contribution in [2.24, 2.45) is 12.5 Å². The molecule has 6 nitrogen and oxygen atoms in total. The second kappa shape index (κ2) is 9.45. The average Bonchev–Trinajstić information content (AvgIpc) is 3.12. The SMILES string of the molecule is [B]N/C(C)=C(\O)c1nnc(SCCCN2CC[C@@]3(C[C@H]3c3ccc(C(F)(F)F)cc3F)C2)n1C. The lowest BCUT2D eigenvalue weighted by molar-refractivity contribution is -0.137. The van der Waals surface area contributed by atoms with E-state index < -0.39 is 17.6 Å². The normalized spacial score (nSPS) is 23.4. The Morgan fingerprint density at radius 3 is 2.79 bits per heavy atom. The van der Waals surface area contributed by atoms with Crippen LogP contribution >= 0.6 is 11.8 Å². The highest BCUT2D eigenvalue weighted by atomic mass is 32.2. The van der Waals surface area contributed by atoms with Crippen molar-refractivity contribution in [1.82, 2.24) is 24.9 Å². The van der Waals surface area contributed by atoms with Crippen LogP contribution in [0.15, 0.2) is 29.1 Å². The molecular weight excluding hydrogens is 469 g/mol. The van der Waals surface area contributed by atoms with E-state index in [-0.39, 0.29) is 17.1 Å². The Hall–Kier alpha value is -2.21. The number of hydrogen-bond acceptors (Lipinski definition) is 6. The molecule has 2 aliphatic rings. The molecule has 0 amide bonds. The molecular formula is C22H26BF4N5OS. The van der Waals surface area contributed by atoms with E-state index in [0.717, 1.165) is 50.7 Å². The first-order valence-corrected chi connectivity index (χ1v) is 12.0. The van der Waals surface area contributed by atoms with E-state index in [0.29, 0.717) is 28.3 Å². The summed E-state index contributed by atoms with van der Waals surface area (Å²) in [6.45, 7) is 4.25. The van der Waals surface area contributed by atoms with Crippen molar-refractivity contribution in [3.63, 3.8) is 0 Å². The lowest BCUT2D eigenvalue weighted by Crippen LogP contribution is -2.23. The number of rotatable bonds is 8.